The van der Waals surface area contributed by atoms with E-state index >= 15 is 0 Å². The lowest BCUT2D eigenvalue weighted by atomic mass is 10.2. The van der Waals surface area contributed by atoms with Crippen LogP contribution in [0.2, 0.25) is 0 Å². The average Bonchev–Trinajstić information content (AvgIpc) is 2.72. The molecule has 0 aliphatic rings. The zero-order valence-corrected chi connectivity index (χ0v) is 10.2. The molecule has 0 aliphatic heterocycles. The van der Waals surface area contributed by atoms with E-state index in [9.17, 15) is 4.39 Å². The Kier molecular flexibility index (Phi) is 4.03. The maximum absolute atomic E-state index is 13.3. The van der Waals surface area contributed by atoms with Crippen LogP contribution in [0.15, 0.2) is 12.1 Å². The Hall–Kier alpha value is -1.16. The summed E-state index contributed by atoms with van der Waals surface area (Å²) in [6.07, 6.45) is 0. The molecule has 4 heteroatoms. The Morgan fingerprint density at radius 3 is 2.53 bits per heavy atom. The fraction of sp³-hybridized carbons (Fsp3) is 0.364. The van der Waals surface area contributed by atoms with Gasteiger partial charge in [0, 0.05) is 7.05 Å². The van der Waals surface area contributed by atoms with Crippen LogP contribution in [0.1, 0.15) is 19.4 Å². The first-order valence-corrected chi connectivity index (χ1v) is 5.77. The number of fused-ring (bicyclic) bond motifs is 1. The molecule has 0 spiro atoms. The van der Waals surface area contributed by atoms with Crippen molar-refractivity contribution in [1.29, 1.82) is 0 Å². The SMILES string of the molecule is CC.CNc1nc2c(C)ccc(F)c2s1. The standard InChI is InChI=1S/C9H9FN2S.C2H6/c1-5-3-4-6(10)8-7(5)12-9(11-2)13-8;1-2/h3-4H,1-2H3,(H,11,12);1-2H3. The molecule has 0 saturated carbocycles. The maximum Gasteiger partial charge on any atom is 0.183 e. The minimum absolute atomic E-state index is 0.195. The highest BCUT2D eigenvalue weighted by atomic mass is 32.1. The first-order valence-electron chi connectivity index (χ1n) is 4.96. The minimum Gasteiger partial charge on any atom is -0.365 e. The number of anilines is 1. The molecule has 1 N–H and O–H groups in total. The molecule has 0 aliphatic carbocycles. The van der Waals surface area contributed by atoms with Crippen LogP contribution in [0.5, 0.6) is 0 Å². The molecule has 0 amide bonds. The Bertz CT molecular complexity index is 412. The van der Waals surface area contributed by atoms with Gasteiger partial charge in [0.25, 0.3) is 0 Å². The van der Waals surface area contributed by atoms with Crippen molar-refractivity contribution in [3.63, 3.8) is 0 Å². The highest BCUT2D eigenvalue weighted by Gasteiger charge is 2.08. The molecule has 1 heterocycles. The van der Waals surface area contributed by atoms with Gasteiger partial charge in [-0.1, -0.05) is 31.3 Å². The number of aromatic nitrogens is 1. The Balaban J connectivity index is 0.000000531. The summed E-state index contributed by atoms with van der Waals surface area (Å²) in [5, 5.41) is 3.66. The first kappa shape index (κ1) is 11.9. The molecule has 0 atom stereocenters. The molecule has 0 radical (unpaired) electrons. The molecule has 0 saturated heterocycles. The smallest absolute Gasteiger partial charge is 0.183 e. The highest BCUT2D eigenvalue weighted by molar-refractivity contribution is 7.22. The van der Waals surface area contributed by atoms with Crippen LogP contribution in [-0.2, 0) is 0 Å². The van der Waals surface area contributed by atoms with Crippen molar-refractivity contribution in [2.24, 2.45) is 0 Å². The largest absolute Gasteiger partial charge is 0.365 e. The second kappa shape index (κ2) is 5.07. The van der Waals surface area contributed by atoms with Crippen LogP contribution in [0.3, 0.4) is 0 Å². The van der Waals surface area contributed by atoms with Crippen molar-refractivity contribution < 1.29 is 4.39 Å². The molecule has 0 fully saturated rings. The van der Waals surface area contributed by atoms with Crippen molar-refractivity contribution in [1.82, 2.24) is 4.98 Å². The zero-order valence-electron chi connectivity index (χ0n) is 9.39. The molecular weight excluding hydrogens is 211 g/mol. The highest BCUT2D eigenvalue weighted by Crippen LogP contribution is 2.29. The summed E-state index contributed by atoms with van der Waals surface area (Å²) in [7, 11) is 1.78. The monoisotopic (exact) mass is 226 g/mol. The molecule has 2 nitrogen and oxygen atoms in total. The lowest BCUT2D eigenvalue weighted by Crippen LogP contribution is -1.85. The van der Waals surface area contributed by atoms with E-state index in [1.54, 1.807) is 13.1 Å². The summed E-state index contributed by atoms with van der Waals surface area (Å²) in [6.45, 7) is 5.93. The normalized spacial score (nSPS) is 9.67. The van der Waals surface area contributed by atoms with Crippen molar-refractivity contribution in [2.75, 3.05) is 12.4 Å². The number of rotatable bonds is 1. The third-order valence-corrected chi connectivity index (χ3v) is 2.99. The summed E-state index contributed by atoms with van der Waals surface area (Å²) < 4.78 is 13.9. The van der Waals surface area contributed by atoms with Crippen LogP contribution < -0.4 is 5.32 Å². The van der Waals surface area contributed by atoms with Gasteiger partial charge in [-0.15, -0.1) is 0 Å². The summed E-state index contributed by atoms with van der Waals surface area (Å²) in [5.41, 5.74) is 1.77. The summed E-state index contributed by atoms with van der Waals surface area (Å²) >= 11 is 1.34. The number of aryl methyl sites for hydroxylation is 1. The second-order valence-corrected chi connectivity index (χ2v) is 3.81. The first-order chi connectivity index (χ1) is 7.22. The van der Waals surface area contributed by atoms with Gasteiger partial charge in [0.1, 0.15) is 5.82 Å². The topological polar surface area (TPSA) is 24.9 Å². The van der Waals surface area contributed by atoms with Gasteiger partial charge in [-0.25, -0.2) is 9.37 Å². The summed E-state index contributed by atoms with van der Waals surface area (Å²) in [5.74, 6) is -0.195. The van der Waals surface area contributed by atoms with Crippen molar-refractivity contribution >= 4 is 26.7 Å². The average molecular weight is 226 g/mol. The Morgan fingerprint density at radius 2 is 2.00 bits per heavy atom. The van der Waals surface area contributed by atoms with Crippen LogP contribution in [0, 0.1) is 12.7 Å². The van der Waals surface area contributed by atoms with Gasteiger partial charge in [-0.2, -0.15) is 0 Å². The van der Waals surface area contributed by atoms with E-state index in [1.807, 2.05) is 20.8 Å². The lowest BCUT2D eigenvalue weighted by Gasteiger charge is -1.93. The van der Waals surface area contributed by atoms with E-state index in [-0.39, 0.29) is 5.82 Å². The van der Waals surface area contributed by atoms with Gasteiger partial charge >= 0.3 is 0 Å². The number of thiazole rings is 1. The van der Waals surface area contributed by atoms with Crippen LogP contribution in [0.25, 0.3) is 10.2 Å². The van der Waals surface area contributed by atoms with Crippen LogP contribution in [0.4, 0.5) is 9.52 Å². The number of halogens is 1. The molecular formula is C11H15FN2S. The fourth-order valence-corrected chi connectivity index (χ4v) is 2.11. The predicted octanol–water partition coefficient (Wildman–Crippen LogP) is 3.81. The van der Waals surface area contributed by atoms with E-state index in [1.165, 1.54) is 17.4 Å². The number of hydrogen-bond acceptors (Lipinski definition) is 3. The second-order valence-electron chi connectivity index (χ2n) is 2.81. The fourth-order valence-electron chi connectivity index (χ4n) is 1.21. The molecule has 1 aromatic carbocycles. The number of hydrogen-bond donors (Lipinski definition) is 1. The molecule has 0 unspecified atom stereocenters. The van der Waals surface area contributed by atoms with Crippen LogP contribution in [-0.4, -0.2) is 12.0 Å². The number of benzene rings is 1. The molecule has 2 rings (SSSR count). The molecule has 82 valence electrons. The number of nitrogens with zero attached hydrogens (tertiary/aromatic N) is 1. The molecule has 0 bridgehead atoms. The van der Waals surface area contributed by atoms with Crippen molar-refractivity contribution in [3.8, 4) is 0 Å². The predicted molar refractivity (Wildman–Crippen MR) is 65.2 cm³/mol. The third-order valence-electron chi connectivity index (χ3n) is 1.91. The van der Waals surface area contributed by atoms with E-state index in [0.717, 1.165) is 16.2 Å². The van der Waals surface area contributed by atoms with Gasteiger partial charge in [-0.05, 0) is 18.6 Å². The van der Waals surface area contributed by atoms with E-state index in [0.29, 0.717) is 4.70 Å². The van der Waals surface area contributed by atoms with Gasteiger partial charge in [0.05, 0.1) is 10.2 Å². The van der Waals surface area contributed by atoms with Crippen LogP contribution >= 0.6 is 11.3 Å². The lowest BCUT2D eigenvalue weighted by molar-refractivity contribution is 0.641. The van der Waals surface area contributed by atoms with Gasteiger partial charge < -0.3 is 5.32 Å². The van der Waals surface area contributed by atoms with Gasteiger partial charge in [0.15, 0.2) is 5.13 Å². The van der Waals surface area contributed by atoms with E-state index < -0.39 is 0 Å². The molecule has 15 heavy (non-hydrogen) atoms. The zero-order chi connectivity index (χ0) is 11.4. The minimum atomic E-state index is -0.195. The summed E-state index contributed by atoms with van der Waals surface area (Å²) in [6, 6.07) is 3.23. The number of nitrogens with one attached hydrogen (secondary N) is 1. The Labute approximate surface area is 93.2 Å². The van der Waals surface area contributed by atoms with E-state index in [2.05, 4.69) is 10.3 Å². The third kappa shape index (κ3) is 2.26. The van der Waals surface area contributed by atoms with E-state index in [4.69, 9.17) is 0 Å². The Morgan fingerprint density at radius 1 is 1.33 bits per heavy atom. The quantitative estimate of drug-likeness (QED) is 0.799. The van der Waals surface area contributed by atoms with Crippen molar-refractivity contribution in [3.05, 3.63) is 23.5 Å². The molecule has 1 aromatic heterocycles. The van der Waals surface area contributed by atoms with Crippen molar-refractivity contribution in [2.45, 2.75) is 20.8 Å². The van der Waals surface area contributed by atoms with Gasteiger partial charge in [-0.3, -0.25) is 0 Å². The molecule has 2 aromatic rings. The van der Waals surface area contributed by atoms with Gasteiger partial charge in [0.2, 0.25) is 0 Å². The maximum atomic E-state index is 13.3. The summed E-state index contributed by atoms with van der Waals surface area (Å²) in [4.78, 5) is 4.26.